The molecular formula is C13H18FNO3. The van der Waals surface area contributed by atoms with Gasteiger partial charge in [0.05, 0.1) is 18.9 Å². The lowest BCUT2D eigenvalue weighted by Crippen LogP contribution is -2.34. The van der Waals surface area contributed by atoms with Crippen LogP contribution in [-0.4, -0.2) is 39.4 Å². The average Bonchev–Trinajstić information content (AvgIpc) is 2.38. The highest BCUT2D eigenvalue weighted by Gasteiger charge is 2.16. The minimum atomic E-state index is -0.412. The van der Waals surface area contributed by atoms with E-state index in [-0.39, 0.29) is 18.2 Å². The number of ether oxygens (including phenoxy) is 2. The summed E-state index contributed by atoms with van der Waals surface area (Å²) in [5, 5.41) is 0. The normalized spacial score (nSPS) is 10.4. The Morgan fingerprint density at radius 1 is 1.33 bits per heavy atom. The van der Waals surface area contributed by atoms with Crippen LogP contribution in [0.3, 0.4) is 0 Å². The van der Waals surface area contributed by atoms with Crippen molar-refractivity contribution in [1.29, 1.82) is 0 Å². The van der Waals surface area contributed by atoms with Gasteiger partial charge in [0.25, 0.3) is 5.91 Å². The number of para-hydroxylation sites is 1. The number of carbonyl (C=O) groups is 1. The molecule has 0 bridgehead atoms. The lowest BCUT2D eigenvalue weighted by atomic mass is 10.2. The number of anilines is 1. The highest BCUT2D eigenvalue weighted by Crippen LogP contribution is 2.18. The first-order chi connectivity index (χ1) is 8.70. The summed E-state index contributed by atoms with van der Waals surface area (Å²) in [4.78, 5) is 13.2. The molecule has 5 heteroatoms. The van der Waals surface area contributed by atoms with Crippen molar-refractivity contribution in [2.45, 2.75) is 6.92 Å². The molecule has 0 N–H and O–H groups in total. The third-order valence-corrected chi connectivity index (χ3v) is 2.42. The molecule has 0 aliphatic rings. The fraction of sp³-hybridized carbons (Fsp3) is 0.462. The zero-order valence-corrected chi connectivity index (χ0v) is 10.7. The predicted octanol–water partition coefficient (Wildman–Crippen LogP) is 1.84. The maximum atomic E-state index is 13.6. The van der Waals surface area contributed by atoms with Gasteiger partial charge in [0.2, 0.25) is 0 Å². The van der Waals surface area contributed by atoms with E-state index in [9.17, 15) is 9.18 Å². The van der Waals surface area contributed by atoms with E-state index in [2.05, 4.69) is 0 Å². The van der Waals surface area contributed by atoms with Gasteiger partial charge in [0.15, 0.2) is 0 Å². The van der Waals surface area contributed by atoms with Gasteiger partial charge in [0, 0.05) is 13.7 Å². The molecule has 18 heavy (non-hydrogen) atoms. The molecule has 0 fully saturated rings. The van der Waals surface area contributed by atoms with Gasteiger partial charge < -0.3 is 14.4 Å². The van der Waals surface area contributed by atoms with E-state index in [0.717, 1.165) is 0 Å². The zero-order chi connectivity index (χ0) is 13.4. The monoisotopic (exact) mass is 255 g/mol. The summed E-state index contributed by atoms with van der Waals surface area (Å²) in [7, 11) is 1.56. The number of halogens is 1. The van der Waals surface area contributed by atoms with Crippen molar-refractivity contribution in [1.82, 2.24) is 0 Å². The van der Waals surface area contributed by atoms with Crippen molar-refractivity contribution in [2.24, 2.45) is 0 Å². The Balaban J connectivity index is 2.60. The molecule has 0 heterocycles. The second kappa shape index (κ2) is 7.79. The Morgan fingerprint density at radius 2 is 2.06 bits per heavy atom. The topological polar surface area (TPSA) is 38.8 Å². The third-order valence-electron chi connectivity index (χ3n) is 2.42. The smallest absolute Gasteiger partial charge is 0.253 e. The van der Waals surface area contributed by atoms with E-state index >= 15 is 0 Å². The van der Waals surface area contributed by atoms with Crippen molar-refractivity contribution in [3.05, 3.63) is 30.1 Å². The van der Waals surface area contributed by atoms with Crippen LogP contribution in [0, 0.1) is 5.82 Å². The number of carbonyl (C=O) groups excluding carboxylic acids is 1. The van der Waals surface area contributed by atoms with Crippen LogP contribution in [0.1, 0.15) is 6.92 Å². The Kier molecular flexibility index (Phi) is 6.32. The Bertz CT molecular complexity index is 384. The number of benzene rings is 1. The van der Waals surface area contributed by atoms with Gasteiger partial charge in [-0.1, -0.05) is 12.1 Å². The second-order valence-electron chi connectivity index (χ2n) is 3.63. The molecule has 0 atom stereocenters. The number of rotatable bonds is 7. The number of hydrogen-bond acceptors (Lipinski definition) is 3. The molecule has 0 saturated heterocycles. The maximum Gasteiger partial charge on any atom is 0.253 e. The fourth-order valence-corrected chi connectivity index (χ4v) is 1.53. The molecule has 1 aromatic carbocycles. The minimum absolute atomic E-state index is 0.0778. The minimum Gasteiger partial charge on any atom is -0.382 e. The summed E-state index contributed by atoms with van der Waals surface area (Å²) in [5.41, 5.74) is 0.278. The third kappa shape index (κ3) is 4.09. The van der Waals surface area contributed by atoms with Crippen LogP contribution >= 0.6 is 0 Å². The lowest BCUT2D eigenvalue weighted by molar-refractivity contribution is -0.123. The van der Waals surface area contributed by atoms with Crippen LogP contribution < -0.4 is 4.90 Å². The molecule has 1 rings (SSSR count). The SMILES string of the molecule is CCN(C(=O)COCCOC)c1ccccc1F. The highest BCUT2D eigenvalue weighted by atomic mass is 19.1. The molecule has 0 radical (unpaired) electrons. The van der Waals surface area contributed by atoms with Gasteiger partial charge in [-0.15, -0.1) is 0 Å². The van der Waals surface area contributed by atoms with Crippen LogP contribution in [0.4, 0.5) is 10.1 Å². The van der Waals surface area contributed by atoms with Crippen LogP contribution in [0.2, 0.25) is 0 Å². The molecule has 100 valence electrons. The summed E-state index contributed by atoms with van der Waals surface area (Å²) in [6.45, 7) is 2.88. The summed E-state index contributed by atoms with van der Waals surface area (Å²) < 4.78 is 23.5. The quantitative estimate of drug-likeness (QED) is 0.698. The van der Waals surface area contributed by atoms with Gasteiger partial charge in [-0.3, -0.25) is 4.79 Å². The lowest BCUT2D eigenvalue weighted by Gasteiger charge is -2.21. The van der Waals surface area contributed by atoms with Gasteiger partial charge in [0.1, 0.15) is 12.4 Å². The first-order valence-electron chi connectivity index (χ1n) is 5.82. The van der Waals surface area contributed by atoms with E-state index in [1.165, 1.54) is 11.0 Å². The summed E-state index contributed by atoms with van der Waals surface area (Å²) in [5.74, 6) is -0.678. The largest absolute Gasteiger partial charge is 0.382 e. The molecule has 0 aliphatic heterocycles. The van der Waals surface area contributed by atoms with Gasteiger partial charge in [-0.2, -0.15) is 0 Å². The summed E-state index contributed by atoms with van der Waals surface area (Å²) >= 11 is 0. The molecule has 1 aromatic rings. The van der Waals surface area contributed by atoms with Crippen molar-refractivity contribution < 1.29 is 18.7 Å². The first-order valence-corrected chi connectivity index (χ1v) is 5.82. The molecule has 0 aliphatic carbocycles. The van der Waals surface area contributed by atoms with E-state index in [0.29, 0.717) is 19.8 Å². The average molecular weight is 255 g/mol. The molecule has 0 unspecified atom stereocenters. The Labute approximate surface area is 106 Å². The summed E-state index contributed by atoms with van der Waals surface area (Å²) in [6.07, 6.45) is 0. The standard InChI is InChI=1S/C13H18FNO3/c1-3-15(12-7-5-4-6-11(12)14)13(16)10-18-9-8-17-2/h4-7H,3,8-10H2,1-2H3. The van der Waals surface area contributed by atoms with Crippen molar-refractivity contribution in [2.75, 3.05) is 38.4 Å². The molecular weight excluding hydrogens is 237 g/mol. The van der Waals surface area contributed by atoms with E-state index < -0.39 is 5.82 Å². The maximum absolute atomic E-state index is 13.6. The van der Waals surface area contributed by atoms with Crippen molar-refractivity contribution >= 4 is 11.6 Å². The van der Waals surface area contributed by atoms with E-state index in [1.54, 1.807) is 32.2 Å². The van der Waals surface area contributed by atoms with Crippen LogP contribution in [0.25, 0.3) is 0 Å². The fourth-order valence-electron chi connectivity index (χ4n) is 1.53. The Morgan fingerprint density at radius 3 is 2.67 bits per heavy atom. The number of methoxy groups -OCH3 is 1. The molecule has 0 spiro atoms. The molecule has 4 nitrogen and oxygen atoms in total. The number of amides is 1. The zero-order valence-electron chi connectivity index (χ0n) is 10.7. The van der Waals surface area contributed by atoms with E-state index in [1.807, 2.05) is 0 Å². The van der Waals surface area contributed by atoms with E-state index in [4.69, 9.17) is 9.47 Å². The number of hydrogen-bond donors (Lipinski definition) is 0. The van der Waals surface area contributed by atoms with Crippen molar-refractivity contribution in [3.63, 3.8) is 0 Å². The van der Waals surface area contributed by atoms with Gasteiger partial charge in [-0.05, 0) is 19.1 Å². The number of likely N-dealkylation sites (N-methyl/N-ethyl adjacent to an activating group) is 1. The number of nitrogens with zero attached hydrogens (tertiary/aromatic N) is 1. The Hall–Kier alpha value is -1.46. The predicted molar refractivity (Wildman–Crippen MR) is 67.1 cm³/mol. The molecule has 0 aromatic heterocycles. The first kappa shape index (κ1) is 14.6. The van der Waals surface area contributed by atoms with Crippen LogP contribution in [0.15, 0.2) is 24.3 Å². The summed E-state index contributed by atoms with van der Waals surface area (Å²) in [6, 6.07) is 6.19. The van der Waals surface area contributed by atoms with Crippen LogP contribution in [-0.2, 0) is 14.3 Å². The van der Waals surface area contributed by atoms with Crippen molar-refractivity contribution in [3.8, 4) is 0 Å². The van der Waals surface area contributed by atoms with Crippen LogP contribution in [0.5, 0.6) is 0 Å². The second-order valence-corrected chi connectivity index (χ2v) is 3.63. The highest BCUT2D eigenvalue weighted by molar-refractivity contribution is 5.94. The molecule has 0 saturated carbocycles. The van der Waals surface area contributed by atoms with Gasteiger partial charge >= 0.3 is 0 Å². The van der Waals surface area contributed by atoms with Gasteiger partial charge in [-0.25, -0.2) is 4.39 Å². The molecule has 1 amide bonds.